The fraction of sp³-hybridized carbons (Fsp3) is 0.200. The van der Waals surface area contributed by atoms with Crippen molar-refractivity contribution in [1.29, 1.82) is 0 Å². The molecule has 4 aromatic rings. The zero-order chi connectivity index (χ0) is 26.5. The molecule has 5 rings (SSSR count). The van der Waals surface area contributed by atoms with E-state index in [2.05, 4.69) is 15.6 Å². The number of hydrogen-bond acceptors (Lipinski definition) is 4. The Balaban J connectivity index is 1.31. The van der Waals surface area contributed by atoms with Crippen molar-refractivity contribution in [1.82, 2.24) is 14.9 Å². The number of fused-ring (bicyclic) bond motifs is 1. The number of para-hydroxylation sites is 1. The lowest BCUT2D eigenvalue weighted by Crippen LogP contribution is -2.32. The average molecular weight is 508 g/mol. The van der Waals surface area contributed by atoms with Crippen molar-refractivity contribution >= 4 is 29.1 Å². The molecule has 3 amide bonds. The topological polar surface area (TPSA) is 96.3 Å². The number of nitrogens with one attached hydrogen (secondary N) is 2. The number of carbonyl (C=O) groups is 3. The van der Waals surface area contributed by atoms with Gasteiger partial charge in [0, 0.05) is 41.4 Å². The molecule has 0 saturated carbocycles. The highest BCUT2D eigenvalue weighted by Crippen LogP contribution is 2.34. The summed E-state index contributed by atoms with van der Waals surface area (Å²) >= 11 is 0. The summed E-state index contributed by atoms with van der Waals surface area (Å²) in [6, 6.07) is 21.9. The van der Waals surface area contributed by atoms with Crippen molar-refractivity contribution in [3.8, 4) is 0 Å². The number of imidazole rings is 1. The minimum Gasteiger partial charge on any atom is -0.348 e. The second-order valence-corrected chi connectivity index (χ2v) is 9.36. The number of nitrogens with zero attached hydrogens (tertiary/aromatic N) is 3. The second kappa shape index (κ2) is 11.1. The van der Waals surface area contributed by atoms with Crippen LogP contribution in [-0.4, -0.2) is 33.8 Å². The lowest BCUT2D eigenvalue weighted by atomic mass is 10.0. The largest absolute Gasteiger partial charge is 0.348 e. The van der Waals surface area contributed by atoms with E-state index >= 15 is 0 Å². The van der Waals surface area contributed by atoms with E-state index in [0.717, 1.165) is 29.7 Å². The summed E-state index contributed by atoms with van der Waals surface area (Å²) in [6.07, 6.45) is 6.46. The highest BCUT2D eigenvalue weighted by atomic mass is 16.2. The number of rotatable bonds is 6. The van der Waals surface area contributed by atoms with Crippen molar-refractivity contribution in [3.63, 3.8) is 0 Å². The Morgan fingerprint density at radius 3 is 2.50 bits per heavy atom. The summed E-state index contributed by atoms with van der Waals surface area (Å²) < 4.78 is 1.72. The van der Waals surface area contributed by atoms with Crippen molar-refractivity contribution < 1.29 is 14.4 Å². The zero-order valence-electron chi connectivity index (χ0n) is 21.1. The lowest BCUT2D eigenvalue weighted by Gasteiger charge is -2.24. The molecular formula is C30H29N5O3. The van der Waals surface area contributed by atoms with Gasteiger partial charge in [-0.3, -0.25) is 14.4 Å². The molecule has 0 fully saturated rings. The number of anilines is 2. The Morgan fingerprint density at radius 2 is 1.74 bits per heavy atom. The van der Waals surface area contributed by atoms with Gasteiger partial charge in [0.15, 0.2) is 0 Å². The number of aromatic nitrogens is 2. The molecule has 2 N–H and O–H groups in total. The molecule has 38 heavy (non-hydrogen) atoms. The predicted octanol–water partition coefficient (Wildman–Crippen LogP) is 4.74. The highest BCUT2D eigenvalue weighted by molar-refractivity contribution is 6.08. The first kappa shape index (κ1) is 25.0. The molecule has 0 aliphatic carbocycles. The van der Waals surface area contributed by atoms with E-state index in [4.69, 9.17) is 0 Å². The zero-order valence-corrected chi connectivity index (χ0v) is 21.1. The predicted molar refractivity (Wildman–Crippen MR) is 146 cm³/mol. The Labute approximate surface area is 221 Å². The summed E-state index contributed by atoms with van der Waals surface area (Å²) in [6.45, 7) is 2.62. The Bertz CT molecular complexity index is 1450. The molecule has 0 bridgehead atoms. The van der Waals surface area contributed by atoms with Crippen LogP contribution in [0.1, 0.15) is 50.7 Å². The molecule has 0 radical (unpaired) electrons. The third kappa shape index (κ3) is 5.49. The van der Waals surface area contributed by atoms with Crippen LogP contribution in [0.4, 0.5) is 11.4 Å². The van der Waals surface area contributed by atoms with E-state index in [1.165, 1.54) is 0 Å². The van der Waals surface area contributed by atoms with Gasteiger partial charge in [-0.05, 0) is 67.3 Å². The fourth-order valence-electron chi connectivity index (χ4n) is 4.78. The first-order valence-electron chi connectivity index (χ1n) is 12.6. The average Bonchev–Trinajstić information content (AvgIpc) is 3.37. The third-order valence-corrected chi connectivity index (χ3v) is 6.72. The van der Waals surface area contributed by atoms with Crippen LogP contribution >= 0.6 is 0 Å². The van der Waals surface area contributed by atoms with Crippen LogP contribution < -0.4 is 15.5 Å². The van der Waals surface area contributed by atoms with Crippen molar-refractivity contribution in [2.24, 2.45) is 0 Å². The van der Waals surface area contributed by atoms with E-state index in [-0.39, 0.29) is 30.3 Å². The first-order chi connectivity index (χ1) is 18.5. The normalized spacial score (nSPS) is 14.8. The SMILES string of the molecule is Cc1ccccc1C(=O)Nc1ccc(C(=O)N2CCCC(NC(=O)Cn3ccnc3)c3ccccc32)cc1. The molecule has 8 heteroatoms. The first-order valence-corrected chi connectivity index (χ1v) is 12.6. The molecule has 1 aliphatic rings. The lowest BCUT2D eigenvalue weighted by molar-refractivity contribution is -0.122. The molecule has 1 aliphatic heterocycles. The van der Waals surface area contributed by atoms with Gasteiger partial charge in [-0.2, -0.15) is 0 Å². The molecule has 1 aromatic heterocycles. The quantitative estimate of drug-likeness (QED) is 0.394. The fourth-order valence-corrected chi connectivity index (χ4v) is 4.78. The molecule has 0 saturated heterocycles. The van der Waals surface area contributed by atoms with Crippen molar-refractivity contribution in [3.05, 3.63) is 114 Å². The Hall–Kier alpha value is -4.72. The summed E-state index contributed by atoms with van der Waals surface area (Å²) in [5.74, 6) is -0.421. The number of benzene rings is 3. The molecule has 1 atom stereocenters. The molecule has 0 spiro atoms. The smallest absolute Gasteiger partial charge is 0.258 e. The maximum absolute atomic E-state index is 13.6. The van der Waals surface area contributed by atoms with Gasteiger partial charge in [0.25, 0.3) is 11.8 Å². The highest BCUT2D eigenvalue weighted by Gasteiger charge is 2.28. The molecule has 8 nitrogen and oxygen atoms in total. The molecule has 1 unspecified atom stereocenters. The summed E-state index contributed by atoms with van der Waals surface area (Å²) in [5.41, 5.74) is 4.36. The third-order valence-electron chi connectivity index (χ3n) is 6.72. The van der Waals surface area contributed by atoms with Gasteiger partial charge in [-0.1, -0.05) is 36.4 Å². The summed E-state index contributed by atoms with van der Waals surface area (Å²) in [4.78, 5) is 44.7. The van der Waals surface area contributed by atoms with Crippen LogP contribution in [0.2, 0.25) is 0 Å². The van der Waals surface area contributed by atoms with Crippen LogP contribution in [0.15, 0.2) is 91.5 Å². The summed E-state index contributed by atoms with van der Waals surface area (Å²) in [7, 11) is 0. The Morgan fingerprint density at radius 1 is 0.974 bits per heavy atom. The van der Waals surface area contributed by atoms with Gasteiger partial charge in [-0.15, -0.1) is 0 Å². The molecule has 2 heterocycles. The van der Waals surface area contributed by atoms with E-state index in [1.54, 1.807) is 58.5 Å². The van der Waals surface area contributed by atoms with E-state index in [0.29, 0.717) is 23.4 Å². The molecule has 3 aromatic carbocycles. The monoisotopic (exact) mass is 507 g/mol. The van der Waals surface area contributed by atoms with Gasteiger partial charge < -0.3 is 20.1 Å². The summed E-state index contributed by atoms with van der Waals surface area (Å²) in [5, 5.41) is 6.03. The van der Waals surface area contributed by atoms with Crippen LogP contribution in [0.25, 0.3) is 0 Å². The standard InChI is InChI=1S/C30H29N5O3/c1-21-7-2-3-8-24(21)29(37)32-23-14-12-22(13-15-23)30(38)35-17-6-10-26(25-9-4-5-11-27(25)35)33-28(36)19-34-18-16-31-20-34/h2-5,7-9,11-16,18,20,26H,6,10,17,19H2,1H3,(H,32,37)(H,33,36). The van der Waals surface area contributed by atoms with E-state index < -0.39 is 0 Å². The maximum atomic E-state index is 13.6. The van der Waals surface area contributed by atoms with Crippen molar-refractivity contribution in [2.45, 2.75) is 32.4 Å². The van der Waals surface area contributed by atoms with E-state index in [1.807, 2.05) is 49.4 Å². The van der Waals surface area contributed by atoms with Crippen molar-refractivity contribution in [2.75, 3.05) is 16.8 Å². The van der Waals surface area contributed by atoms with Crippen LogP contribution in [0, 0.1) is 6.92 Å². The van der Waals surface area contributed by atoms with Crippen LogP contribution in [0.5, 0.6) is 0 Å². The number of hydrogen-bond donors (Lipinski definition) is 2. The molecule has 192 valence electrons. The van der Waals surface area contributed by atoms with Gasteiger partial charge in [0.1, 0.15) is 6.54 Å². The van der Waals surface area contributed by atoms with Crippen LogP contribution in [-0.2, 0) is 11.3 Å². The number of aryl methyl sites for hydroxylation is 1. The van der Waals surface area contributed by atoms with Gasteiger partial charge in [-0.25, -0.2) is 4.98 Å². The van der Waals surface area contributed by atoms with Gasteiger partial charge in [0.05, 0.1) is 12.4 Å². The van der Waals surface area contributed by atoms with Gasteiger partial charge >= 0.3 is 0 Å². The minimum absolute atomic E-state index is 0.106. The number of carbonyl (C=O) groups excluding carboxylic acids is 3. The van der Waals surface area contributed by atoms with E-state index in [9.17, 15) is 14.4 Å². The Kier molecular flexibility index (Phi) is 7.31. The van der Waals surface area contributed by atoms with Gasteiger partial charge in [0.2, 0.25) is 5.91 Å². The van der Waals surface area contributed by atoms with Crippen LogP contribution in [0.3, 0.4) is 0 Å². The molecular weight excluding hydrogens is 478 g/mol. The number of amides is 3. The second-order valence-electron chi connectivity index (χ2n) is 9.36. The maximum Gasteiger partial charge on any atom is 0.258 e. The minimum atomic E-state index is -0.195.